The SMILES string of the molecule is CCOC(=O)c1cc(NC(=O)N(Cc2ccccc2Cl)C2CCN(C)CC2)c(C)nc1C. The van der Waals surface area contributed by atoms with E-state index in [1.807, 2.05) is 36.1 Å². The topological polar surface area (TPSA) is 74.8 Å². The van der Waals surface area contributed by atoms with Gasteiger partial charge in [0.2, 0.25) is 0 Å². The summed E-state index contributed by atoms with van der Waals surface area (Å²) in [4.78, 5) is 34.3. The van der Waals surface area contributed by atoms with Crippen LogP contribution in [0.5, 0.6) is 0 Å². The van der Waals surface area contributed by atoms with Crippen molar-refractivity contribution in [3.63, 3.8) is 0 Å². The zero-order valence-corrected chi connectivity index (χ0v) is 19.9. The number of benzene rings is 1. The molecule has 0 atom stereocenters. The van der Waals surface area contributed by atoms with Crippen molar-refractivity contribution < 1.29 is 14.3 Å². The monoisotopic (exact) mass is 458 g/mol. The molecule has 0 radical (unpaired) electrons. The van der Waals surface area contributed by atoms with Gasteiger partial charge in [0.15, 0.2) is 0 Å². The molecule has 7 nitrogen and oxygen atoms in total. The summed E-state index contributed by atoms with van der Waals surface area (Å²) in [5, 5.41) is 3.62. The van der Waals surface area contributed by atoms with Gasteiger partial charge in [0, 0.05) is 17.6 Å². The van der Waals surface area contributed by atoms with Crippen LogP contribution in [-0.2, 0) is 11.3 Å². The number of anilines is 1. The molecule has 2 amide bonds. The first-order valence-corrected chi connectivity index (χ1v) is 11.3. The second kappa shape index (κ2) is 10.8. The summed E-state index contributed by atoms with van der Waals surface area (Å²) in [6.07, 6.45) is 1.77. The van der Waals surface area contributed by atoms with E-state index in [1.165, 1.54) is 0 Å². The number of piperidine rings is 1. The molecule has 0 spiro atoms. The maximum absolute atomic E-state index is 13.5. The predicted octanol–water partition coefficient (Wildman–Crippen LogP) is 4.66. The van der Waals surface area contributed by atoms with E-state index in [1.54, 1.807) is 19.9 Å². The van der Waals surface area contributed by atoms with Gasteiger partial charge < -0.3 is 19.9 Å². The zero-order valence-electron chi connectivity index (χ0n) is 19.2. The number of carbonyl (C=O) groups is 2. The minimum atomic E-state index is -0.448. The molecule has 1 N–H and O–H groups in total. The van der Waals surface area contributed by atoms with Crippen molar-refractivity contribution in [2.45, 2.75) is 46.2 Å². The molecule has 172 valence electrons. The van der Waals surface area contributed by atoms with E-state index in [0.717, 1.165) is 31.5 Å². The van der Waals surface area contributed by atoms with Crippen LogP contribution in [0.2, 0.25) is 5.02 Å². The number of halogens is 1. The Morgan fingerprint density at radius 1 is 1.22 bits per heavy atom. The number of rotatable bonds is 6. The average molecular weight is 459 g/mol. The van der Waals surface area contributed by atoms with Crippen molar-refractivity contribution in [3.8, 4) is 0 Å². The van der Waals surface area contributed by atoms with Crippen molar-refractivity contribution in [2.24, 2.45) is 0 Å². The third-order valence-electron chi connectivity index (χ3n) is 5.83. The predicted molar refractivity (Wildman–Crippen MR) is 126 cm³/mol. The molecule has 1 aromatic carbocycles. The Balaban J connectivity index is 1.87. The molecule has 1 aromatic heterocycles. The number of nitrogens with zero attached hydrogens (tertiary/aromatic N) is 3. The zero-order chi connectivity index (χ0) is 23.3. The van der Waals surface area contributed by atoms with Gasteiger partial charge in [-0.1, -0.05) is 29.8 Å². The first kappa shape index (κ1) is 24.0. The van der Waals surface area contributed by atoms with E-state index >= 15 is 0 Å². The van der Waals surface area contributed by atoms with Gasteiger partial charge in [0.25, 0.3) is 0 Å². The van der Waals surface area contributed by atoms with Crippen molar-refractivity contribution >= 4 is 29.3 Å². The van der Waals surface area contributed by atoms with Crippen LogP contribution in [0, 0.1) is 13.8 Å². The molecule has 1 aliphatic rings. The van der Waals surface area contributed by atoms with Gasteiger partial charge in [0.1, 0.15) is 0 Å². The van der Waals surface area contributed by atoms with E-state index in [2.05, 4.69) is 22.2 Å². The van der Waals surface area contributed by atoms with E-state index < -0.39 is 5.97 Å². The lowest BCUT2D eigenvalue weighted by Gasteiger charge is -2.37. The number of hydrogen-bond acceptors (Lipinski definition) is 5. The number of urea groups is 1. The van der Waals surface area contributed by atoms with Gasteiger partial charge in [-0.15, -0.1) is 0 Å². The minimum absolute atomic E-state index is 0.0886. The summed E-state index contributed by atoms with van der Waals surface area (Å²) < 4.78 is 5.13. The number of nitrogens with one attached hydrogen (secondary N) is 1. The molecule has 0 bridgehead atoms. The first-order chi connectivity index (χ1) is 15.3. The Morgan fingerprint density at radius 2 is 1.91 bits per heavy atom. The maximum atomic E-state index is 13.5. The molecule has 1 fully saturated rings. The highest BCUT2D eigenvalue weighted by atomic mass is 35.5. The van der Waals surface area contributed by atoms with E-state index in [9.17, 15) is 9.59 Å². The third kappa shape index (κ3) is 5.78. The molecule has 32 heavy (non-hydrogen) atoms. The Bertz CT molecular complexity index is 974. The summed E-state index contributed by atoms with van der Waals surface area (Å²) in [5.74, 6) is -0.448. The number of aromatic nitrogens is 1. The molecule has 2 heterocycles. The van der Waals surface area contributed by atoms with Crippen molar-refractivity contribution in [1.29, 1.82) is 0 Å². The van der Waals surface area contributed by atoms with Crippen LogP contribution in [0.3, 0.4) is 0 Å². The molecular weight excluding hydrogens is 428 g/mol. The van der Waals surface area contributed by atoms with Crippen LogP contribution in [-0.4, -0.2) is 59.6 Å². The highest BCUT2D eigenvalue weighted by molar-refractivity contribution is 6.31. The second-order valence-corrected chi connectivity index (χ2v) is 8.57. The van der Waals surface area contributed by atoms with Crippen molar-refractivity contribution in [2.75, 3.05) is 32.1 Å². The van der Waals surface area contributed by atoms with Gasteiger partial charge >= 0.3 is 12.0 Å². The Morgan fingerprint density at radius 3 is 2.56 bits per heavy atom. The third-order valence-corrected chi connectivity index (χ3v) is 6.20. The highest BCUT2D eigenvalue weighted by Crippen LogP contribution is 2.25. The van der Waals surface area contributed by atoms with E-state index in [-0.39, 0.29) is 18.7 Å². The fourth-order valence-electron chi connectivity index (χ4n) is 3.94. The number of ether oxygens (including phenoxy) is 1. The van der Waals surface area contributed by atoms with Crippen LogP contribution in [0.25, 0.3) is 0 Å². The molecular formula is C24H31ClN4O3. The Labute approximate surface area is 194 Å². The number of hydrogen-bond donors (Lipinski definition) is 1. The van der Waals surface area contributed by atoms with Gasteiger partial charge in [-0.2, -0.15) is 0 Å². The Hall–Kier alpha value is -2.64. The van der Waals surface area contributed by atoms with Crippen molar-refractivity contribution in [1.82, 2.24) is 14.8 Å². The van der Waals surface area contributed by atoms with E-state index in [0.29, 0.717) is 34.2 Å². The summed E-state index contributed by atoms with van der Waals surface area (Å²) in [6, 6.07) is 9.08. The molecule has 0 saturated carbocycles. The number of likely N-dealkylation sites (tertiary alicyclic amines) is 1. The summed E-state index contributed by atoms with van der Waals surface area (Å²) >= 11 is 6.40. The largest absolute Gasteiger partial charge is 0.462 e. The Kier molecular flexibility index (Phi) is 8.10. The number of esters is 1. The lowest BCUT2D eigenvalue weighted by Crippen LogP contribution is -2.47. The lowest BCUT2D eigenvalue weighted by atomic mass is 10.0. The van der Waals surface area contributed by atoms with Crippen LogP contribution in [0.1, 0.15) is 47.1 Å². The molecule has 0 unspecified atom stereocenters. The molecule has 1 saturated heterocycles. The molecule has 2 aromatic rings. The van der Waals surface area contributed by atoms with Gasteiger partial charge in [-0.25, -0.2) is 9.59 Å². The standard InChI is InChI=1S/C24H31ClN4O3/c1-5-32-23(30)20-14-22(17(3)26-16(20)2)27-24(31)29(19-10-12-28(4)13-11-19)15-18-8-6-7-9-21(18)25/h6-9,14,19H,5,10-13,15H2,1-4H3,(H,27,31). The van der Waals surface area contributed by atoms with Gasteiger partial charge in [-0.05, 0) is 71.4 Å². The average Bonchev–Trinajstić information content (AvgIpc) is 2.76. The van der Waals surface area contributed by atoms with Crippen molar-refractivity contribution in [3.05, 3.63) is 57.9 Å². The first-order valence-electron chi connectivity index (χ1n) is 10.9. The van der Waals surface area contributed by atoms with Crippen LogP contribution in [0.15, 0.2) is 30.3 Å². The second-order valence-electron chi connectivity index (χ2n) is 8.16. The van der Waals surface area contributed by atoms with E-state index in [4.69, 9.17) is 16.3 Å². The van der Waals surface area contributed by atoms with Crippen LogP contribution >= 0.6 is 11.6 Å². The fraction of sp³-hybridized carbons (Fsp3) is 0.458. The summed E-state index contributed by atoms with van der Waals surface area (Å²) in [6.45, 7) is 7.85. The van der Waals surface area contributed by atoms with Gasteiger partial charge in [0.05, 0.1) is 29.2 Å². The number of pyridine rings is 1. The lowest BCUT2D eigenvalue weighted by molar-refractivity contribution is 0.0525. The quantitative estimate of drug-likeness (QED) is 0.637. The highest BCUT2D eigenvalue weighted by Gasteiger charge is 2.28. The van der Waals surface area contributed by atoms with Crippen LogP contribution < -0.4 is 5.32 Å². The summed E-state index contributed by atoms with van der Waals surface area (Å²) in [7, 11) is 2.09. The minimum Gasteiger partial charge on any atom is -0.462 e. The summed E-state index contributed by atoms with van der Waals surface area (Å²) in [5.41, 5.74) is 2.96. The smallest absolute Gasteiger partial charge is 0.340 e. The molecule has 1 aliphatic heterocycles. The maximum Gasteiger partial charge on any atom is 0.340 e. The number of amides is 2. The normalized spacial score (nSPS) is 14.8. The molecule has 3 rings (SSSR count). The molecule has 0 aliphatic carbocycles. The number of aryl methyl sites for hydroxylation is 2. The molecule has 8 heteroatoms. The van der Waals surface area contributed by atoms with Gasteiger partial charge in [-0.3, -0.25) is 4.98 Å². The fourth-order valence-corrected chi connectivity index (χ4v) is 4.13. The number of carbonyl (C=O) groups excluding carboxylic acids is 2. The van der Waals surface area contributed by atoms with Crippen LogP contribution in [0.4, 0.5) is 10.5 Å².